The maximum absolute atomic E-state index is 5.62. The first-order chi connectivity index (χ1) is 9.65. The Morgan fingerprint density at radius 2 is 2.25 bits per heavy atom. The number of hydrogen-bond donors (Lipinski definition) is 1. The summed E-state index contributed by atoms with van der Waals surface area (Å²) in [6.07, 6.45) is 0.817. The van der Waals surface area contributed by atoms with Crippen molar-refractivity contribution in [3.05, 3.63) is 44.9 Å². The van der Waals surface area contributed by atoms with Crippen molar-refractivity contribution in [1.82, 2.24) is 4.98 Å². The molecule has 0 spiro atoms. The van der Waals surface area contributed by atoms with E-state index in [0.717, 1.165) is 33.6 Å². The van der Waals surface area contributed by atoms with Gasteiger partial charge in [-0.3, -0.25) is 0 Å². The quantitative estimate of drug-likeness (QED) is 0.685. The highest BCUT2D eigenvalue weighted by atomic mass is 79.9. The molecule has 1 aromatic carbocycles. The molecule has 1 N–H and O–H groups in total. The summed E-state index contributed by atoms with van der Waals surface area (Å²) in [4.78, 5) is 5.76. The minimum Gasteiger partial charge on any atom is -0.441 e. The standard InChI is InChI=1S/C15H15BrN2OS/c1-3-15-18-12-7-11(4-5-13(12)19-15)17-9(2)14-6-10(16)8-20-14/h4-9,17H,3H2,1-2H3. The van der Waals surface area contributed by atoms with Crippen molar-refractivity contribution in [3.8, 4) is 0 Å². The first-order valence-electron chi connectivity index (χ1n) is 6.55. The molecule has 3 aromatic rings. The molecule has 0 saturated carbocycles. The summed E-state index contributed by atoms with van der Waals surface area (Å²) in [6.45, 7) is 4.20. The maximum Gasteiger partial charge on any atom is 0.195 e. The van der Waals surface area contributed by atoms with Crippen LogP contribution in [-0.2, 0) is 6.42 Å². The second-order valence-corrected chi connectivity index (χ2v) is 6.54. The molecule has 2 aromatic heterocycles. The summed E-state index contributed by atoms with van der Waals surface area (Å²) >= 11 is 5.23. The van der Waals surface area contributed by atoms with Crippen LogP contribution in [0.3, 0.4) is 0 Å². The molecule has 0 amide bonds. The number of aryl methyl sites for hydroxylation is 1. The van der Waals surface area contributed by atoms with Crippen LogP contribution in [-0.4, -0.2) is 4.98 Å². The molecule has 0 bridgehead atoms. The highest BCUT2D eigenvalue weighted by molar-refractivity contribution is 9.10. The Morgan fingerprint density at radius 1 is 1.40 bits per heavy atom. The van der Waals surface area contributed by atoms with E-state index < -0.39 is 0 Å². The largest absolute Gasteiger partial charge is 0.441 e. The number of fused-ring (bicyclic) bond motifs is 1. The number of hydrogen-bond acceptors (Lipinski definition) is 4. The van der Waals surface area contributed by atoms with E-state index in [9.17, 15) is 0 Å². The number of thiophene rings is 1. The Balaban J connectivity index is 1.83. The molecule has 20 heavy (non-hydrogen) atoms. The van der Waals surface area contributed by atoms with Gasteiger partial charge >= 0.3 is 0 Å². The molecule has 3 rings (SSSR count). The fourth-order valence-corrected chi connectivity index (χ4v) is 3.55. The summed E-state index contributed by atoms with van der Waals surface area (Å²) < 4.78 is 6.75. The van der Waals surface area contributed by atoms with Gasteiger partial charge in [-0.1, -0.05) is 6.92 Å². The van der Waals surface area contributed by atoms with Gasteiger partial charge in [0.05, 0.1) is 6.04 Å². The zero-order valence-electron chi connectivity index (χ0n) is 11.3. The molecule has 5 heteroatoms. The molecule has 1 unspecified atom stereocenters. The number of aromatic nitrogens is 1. The van der Waals surface area contributed by atoms with E-state index in [4.69, 9.17) is 4.42 Å². The average Bonchev–Trinajstić information content (AvgIpc) is 3.03. The van der Waals surface area contributed by atoms with E-state index in [-0.39, 0.29) is 6.04 Å². The van der Waals surface area contributed by atoms with Gasteiger partial charge in [-0.25, -0.2) is 4.98 Å². The topological polar surface area (TPSA) is 38.1 Å². The molecular formula is C15H15BrN2OS. The van der Waals surface area contributed by atoms with Gasteiger partial charge in [0.2, 0.25) is 0 Å². The Bertz CT molecular complexity index is 734. The van der Waals surface area contributed by atoms with Crippen LogP contribution < -0.4 is 5.32 Å². The van der Waals surface area contributed by atoms with Gasteiger partial charge in [0.1, 0.15) is 5.52 Å². The molecule has 104 valence electrons. The van der Waals surface area contributed by atoms with Gasteiger partial charge in [0.25, 0.3) is 0 Å². The van der Waals surface area contributed by atoms with E-state index in [1.165, 1.54) is 4.88 Å². The van der Waals surface area contributed by atoms with Gasteiger partial charge < -0.3 is 9.73 Å². The van der Waals surface area contributed by atoms with Crippen LogP contribution >= 0.6 is 27.3 Å². The predicted molar refractivity (Wildman–Crippen MR) is 87.4 cm³/mol. The summed E-state index contributed by atoms with van der Waals surface area (Å²) in [5, 5.41) is 5.60. The van der Waals surface area contributed by atoms with Crippen LogP contribution in [0.2, 0.25) is 0 Å². The molecule has 0 aliphatic heterocycles. The molecule has 0 aliphatic carbocycles. The normalized spacial score (nSPS) is 12.8. The van der Waals surface area contributed by atoms with Crippen molar-refractivity contribution in [2.45, 2.75) is 26.3 Å². The zero-order chi connectivity index (χ0) is 14.1. The Hall–Kier alpha value is -1.33. The lowest BCUT2D eigenvalue weighted by Crippen LogP contribution is -2.04. The second kappa shape index (κ2) is 5.58. The molecule has 3 nitrogen and oxygen atoms in total. The molecule has 0 radical (unpaired) electrons. The van der Waals surface area contributed by atoms with Crippen LogP contribution in [0.1, 0.15) is 30.7 Å². The van der Waals surface area contributed by atoms with Gasteiger partial charge in [0, 0.05) is 26.8 Å². The minimum absolute atomic E-state index is 0.265. The lowest BCUT2D eigenvalue weighted by atomic mass is 10.2. The minimum atomic E-state index is 0.265. The van der Waals surface area contributed by atoms with Crippen LogP contribution in [0.4, 0.5) is 5.69 Å². The smallest absolute Gasteiger partial charge is 0.195 e. The number of halogens is 1. The number of benzene rings is 1. The van der Waals surface area contributed by atoms with Crippen molar-refractivity contribution in [3.63, 3.8) is 0 Å². The van der Waals surface area contributed by atoms with Crippen molar-refractivity contribution < 1.29 is 4.42 Å². The van der Waals surface area contributed by atoms with Gasteiger partial charge in [-0.2, -0.15) is 0 Å². The van der Waals surface area contributed by atoms with Gasteiger partial charge in [0.15, 0.2) is 11.5 Å². The van der Waals surface area contributed by atoms with Crippen molar-refractivity contribution in [1.29, 1.82) is 0 Å². The maximum atomic E-state index is 5.62. The van der Waals surface area contributed by atoms with Crippen LogP contribution in [0.15, 0.2) is 38.5 Å². The van der Waals surface area contributed by atoms with Gasteiger partial charge in [-0.15, -0.1) is 11.3 Å². The van der Waals surface area contributed by atoms with Crippen LogP contribution in [0, 0.1) is 0 Å². The second-order valence-electron chi connectivity index (χ2n) is 4.68. The summed E-state index contributed by atoms with van der Waals surface area (Å²) in [5.41, 5.74) is 2.82. The Morgan fingerprint density at radius 3 is 2.95 bits per heavy atom. The first kappa shape index (κ1) is 13.6. The molecule has 0 saturated heterocycles. The fraction of sp³-hybridized carbons (Fsp3) is 0.267. The Kier molecular flexibility index (Phi) is 3.81. The SMILES string of the molecule is CCc1nc2cc(NC(C)c3cc(Br)cs3)ccc2o1. The fourth-order valence-electron chi connectivity index (χ4n) is 2.09. The van der Waals surface area contributed by atoms with E-state index in [2.05, 4.69) is 44.6 Å². The molecule has 0 aliphatic rings. The molecule has 0 fully saturated rings. The third kappa shape index (κ3) is 2.74. The lowest BCUT2D eigenvalue weighted by molar-refractivity contribution is 0.538. The molecule has 2 heterocycles. The van der Waals surface area contributed by atoms with Crippen molar-refractivity contribution >= 4 is 44.1 Å². The molecule has 1 atom stereocenters. The van der Waals surface area contributed by atoms with Crippen molar-refractivity contribution in [2.24, 2.45) is 0 Å². The third-order valence-electron chi connectivity index (χ3n) is 3.13. The van der Waals surface area contributed by atoms with E-state index >= 15 is 0 Å². The highest BCUT2D eigenvalue weighted by Gasteiger charge is 2.10. The summed E-state index contributed by atoms with van der Waals surface area (Å²) in [5.74, 6) is 0.785. The number of nitrogens with zero attached hydrogens (tertiary/aromatic N) is 1. The third-order valence-corrected chi connectivity index (χ3v) is 5.01. The zero-order valence-corrected chi connectivity index (χ0v) is 13.7. The monoisotopic (exact) mass is 350 g/mol. The highest BCUT2D eigenvalue weighted by Crippen LogP contribution is 2.29. The van der Waals surface area contributed by atoms with E-state index in [0.29, 0.717) is 0 Å². The van der Waals surface area contributed by atoms with Crippen LogP contribution in [0.5, 0.6) is 0 Å². The lowest BCUT2D eigenvalue weighted by Gasteiger charge is -2.13. The van der Waals surface area contributed by atoms with Crippen molar-refractivity contribution in [2.75, 3.05) is 5.32 Å². The summed E-state index contributed by atoms with van der Waals surface area (Å²) in [7, 11) is 0. The number of rotatable bonds is 4. The number of oxazole rings is 1. The van der Waals surface area contributed by atoms with Crippen LogP contribution in [0.25, 0.3) is 11.1 Å². The predicted octanol–water partition coefficient (Wildman–Crippen LogP) is 5.39. The summed E-state index contributed by atoms with van der Waals surface area (Å²) in [6, 6.07) is 8.46. The number of nitrogens with one attached hydrogen (secondary N) is 1. The van der Waals surface area contributed by atoms with E-state index in [1.54, 1.807) is 11.3 Å². The average molecular weight is 351 g/mol. The molecular weight excluding hydrogens is 336 g/mol. The van der Waals surface area contributed by atoms with E-state index in [1.807, 2.05) is 25.1 Å². The van der Waals surface area contributed by atoms with Gasteiger partial charge in [-0.05, 0) is 47.1 Å². The first-order valence-corrected chi connectivity index (χ1v) is 8.23. The number of anilines is 1. The Labute approximate surface area is 130 Å².